The molecule has 0 aliphatic heterocycles. The van der Waals surface area contributed by atoms with E-state index >= 15 is 0 Å². The number of thiazole rings is 1. The number of aromatic nitrogens is 3. The van der Waals surface area contributed by atoms with Gasteiger partial charge >= 0.3 is 0 Å². The highest BCUT2D eigenvalue weighted by molar-refractivity contribution is 14.1. The Morgan fingerprint density at radius 1 is 1.08 bits per heavy atom. The van der Waals surface area contributed by atoms with E-state index in [0.29, 0.717) is 31.0 Å². The number of nitriles is 1. The first-order valence-corrected chi connectivity index (χ1v) is 9.95. The quantitative estimate of drug-likeness (QED) is 0.383. The van der Waals surface area contributed by atoms with Crippen molar-refractivity contribution in [3.63, 3.8) is 0 Å². The predicted octanol–water partition coefficient (Wildman–Crippen LogP) is 5.00. The minimum absolute atomic E-state index is 0.378. The zero-order chi connectivity index (χ0) is 17.9. The Balaban J connectivity index is 1.62. The van der Waals surface area contributed by atoms with Crippen LogP contribution in [0.4, 0.5) is 0 Å². The molecular formula is C19H13IN4OS. The van der Waals surface area contributed by atoms with Crippen LogP contribution >= 0.6 is 33.9 Å². The highest BCUT2D eigenvalue weighted by atomic mass is 127. The third-order valence-electron chi connectivity index (χ3n) is 3.86. The summed E-state index contributed by atoms with van der Waals surface area (Å²) in [5.74, 6) is 1.04. The molecule has 128 valence electrons. The highest BCUT2D eigenvalue weighted by Crippen LogP contribution is 2.32. The fourth-order valence-corrected chi connectivity index (χ4v) is 4.61. The maximum Gasteiger partial charge on any atom is 0.223 e. The van der Waals surface area contributed by atoms with Gasteiger partial charge in [0.15, 0.2) is 0 Å². The third-order valence-corrected chi connectivity index (χ3v) is 5.69. The van der Waals surface area contributed by atoms with Gasteiger partial charge in [0.2, 0.25) is 11.8 Å². The van der Waals surface area contributed by atoms with Crippen molar-refractivity contribution in [2.24, 2.45) is 0 Å². The summed E-state index contributed by atoms with van der Waals surface area (Å²) in [7, 11) is 0. The molecular weight excluding hydrogens is 459 g/mol. The van der Waals surface area contributed by atoms with Gasteiger partial charge < -0.3 is 4.42 Å². The van der Waals surface area contributed by atoms with Crippen molar-refractivity contribution in [3.8, 4) is 17.2 Å². The molecule has 4 rings (SSSR count). The largest absolute Gasteiger partial charge is 0.425 e. The third kappa shape index (κ3) is 3.61. The Kier molecular flexibility index (Phi) is 4.95. The number of halogens is 1. The molecule has 0 aliphatic carbocycles. The van der Waals surface area contributed by atoms with Gasteiger partial charge in [-0.25, -0.2) is 4.98 Å². The zero-order valence-corrected chi connectivity index (χ0v) is 16.6. The summed E-state index contributed by atoms with van der Waals surface area (Å²) in [6.45, 7) is 0. The molecule has 0 saturated carbocycles. The molecule has 2 aromatic heterocycles. The van der Waals surface area contributed by atoms with E-state index < -0.39 is 0 Å². The molecule has 0 radical (unpaired) electrons. The molecule has 4 aromatic rings. The first kappa shape index (κ1) is 17.1. The van der Waals surface area contributed by atoms with E-state index in [1.807, 2.05) is 18.2 Å². The van der Waals surface area contributed by atoms with Crippen LogP contribution in [0.5, 0.6) is 0 Å². The van der Waals surface area contributed by atoms with Crippen molar-refractivity contribution in [1.82, 2.24) is 15.2 Å². The molecule has 0 unspecified atom stereocenters. The van der Waals surface area contributed by atoms with E-state index in [-0.39, 0.29) is 0 Å². The van der Waals surface area contributed by atoms with Gasteiger partial charge in [-0.3, -0.25) is 0 Å². The Morgan fingerprint density at radius 2 is 1.88 bits per heavy atom. The second kappa shape index (κ2) is 7.51. The van der Waals surface area contributed by atoms with Crippen LogP contribution in [0, 0.1) is 14.9 Å². The average molecular weight is 472 g/mol. The van der Waals surface area contributed by atoms with Crippen molar-refractivity contribution < 1.29 is 4.42 Å². The van der Waals surface area contributed by atoms with Crippen LogP contribution in [0.2, 0.25) is 0 Å². The van der Waals surface area contributed by atoms with Crippen LogP contribution in [0.1, 0.15) is 23.2 Å². The average Bonchev–Trinajstić information content (AvgIpc) is 3.27. The summed E-state index contributed by atoms with van der Waals surface area (Å²) in [6.07, 6.45) is 1.38. The molecule has 0 bridgehead atoms. The number of hydrogen-bond acceptors (Lipinski definition) is 6. The fraction of sp³-hybridized carbons (Fsp3) is 0.158. The van der Waals surface area contributed by atoms with E-state index in [4.69, 9.17) is 14.7 Å². The Labute approximate surface area is 167 Å². The number of nitrogens with zero attached hydrogens (tertiary/aromatic N) is 4. The number of hydrogen-bond donors (Lipinski definition) is 0. The lowest BCUT2D eigenvalue weighted by Crippen LogP contribution is -1.87. The van der Waals surface area contributed by atoms with E-state index in [0.717, 1.165) is 18.8 Å². The number of rotatable bonds is 5. The first-order chi connectivity index (χ1) is 12.7. The number of benzene rings is 2. The van der Waals surface area contributed by atoms with Gasteiger partial charge in [-0.05, 0) is 45.9 Å². The predicted molar refractivity (Wildman–Crippen MR) is 109 cm³/mol. The van der Waals surface area contributed by atoms with Gasteiger partial charge in [0.05, 0.1) is 22.7 Å². The van der Waals surface area contributed by atoms with Gasteiger partial charge in [0.25, 0.3) is 0 Å². The molecule has 2 heterocycles. The molecule has 0 saturated heterocycles. The summed E-state index contributed by atoms with van der Waals surface area (Å²) in [6, 6.07) is 16.8. The topological polar surface area (TPSA) is 75.6 Å². The minimum atomic E-state index is 0.378. The molecule has 0 amide bonds. The van der Waals surface area contributed by atoms with E-state index in [9.17, 15) is 0 Å². The lowest BCUT2D eigenvalue weighted by molar-refractivity contribution is 0.458. The number of aryl methyl sites for hydroxylation is 1. The second-order valence-electron chi connectivity index (χ2n) is 5.70. The lowest BCUT2D eigenvalue weighted by atomic mass is 10.1. The van der Waals surface area contributed by atoms with Gasteiger partial charge in [0.1, 0.15) is 5.01 Å². The molecule has 2 aromatic carbocycles. The van der Waals surface area contributed by atoms with Crippen molar-refractivity contribution in [1.29, 1.82) is 5.26 Å². The van der Waals surface area contributed by atoms with Crippen LogP contribution in [0.25, 0.3) is 21.3 Å². The molecule has 0 N–H and O–H groups in total. The summed E-state index contributed by atoms with van der Waals surface area (Å²) in [5.41, 5.74) is 3.39. The van der Waals surface area contributed by atoms with E-state index in [1.54, 1.807) is 11.3 Å². The molecule has 5 nitrogen and oxygen atoms in total. The first-order valence-electron chi connectivity index (χ1n) is 8.05. The van der Waals surface area contributed by atoms with Crippen LogP contribution in [-0.2, 0) is 12.8 Å². The summed E-state index contributed by atoms with van der Waals surface area (Å²) in [5, 5.41) is 17.6. The molecule has 0 atom stereocenters. The van der Waals surface area contributed by atoms with Gasteiger partial charge in [-0.15, -0.1) is 21.5 Å². The molecule has 26 heavy (non-hydrogen) atoms. The zero-order valence-electron chi connectivity index (χ0n) is 13.6. The summed E-state index contributed by atoms with van der Waals surface area (Å²) in [4.78, 5) is 4.74. The second-order valence-corrected chi connectivity index (χ2v) is 7.98. The molecule has 0 fully saturated rings. The minimum Gasteiger partial charge on any atom is -0.425 e. The maximum absolute atomic E-state index is 8.63. The standard InChI is InChI=1S/C19H13IN4OS/c20-14-9-13(12-5-2-1-3-6-12)10-15-19(14)22-18(26-15)11-17-24-23-16(25-17)7-4-8-21/h1-3,5-6,9-10H,4,7,11H2. The van der Waals surface area contributed by atoms with Crippen LogP contribution in [0.15, 0.2) is 46.9 Å². The van der Waals surface area contributed by atoms with Crippen molar-refractivity contribution >= 4 is 44.1 Å². The van der Waals surface area contributed by atoms with E-state index in [1.165, 1.54) is 11.1 Å². The van der Waals surface area contributed by atoms with Crippen LogP contribution in [-0.4, -0.2) is 15.2 Å². The molecule has 0 spiro atoms. The van der Waals surface area contributed by atoms with Gasteiger partial charge in [-0.2, -0.15) is 5.26 Å². The highest BCUT2D eigenvalue weighted by Gasteiger charge is 2.13. The smallest absolute Gasteiger partial charge is 0.223 e. The SMILES string of the molecule is N#CCCc1nnc(Cc2nc3c(I)cc(-c4ccccc4)cc3s2)o1. The monoisotopic (exact) mass is 472 g/mol. The number of fused-ring (bicyclic) bond motifs is 1. The van der Waals surface area contributed by atoms with Crippen molar-refractivity contribution in [2.45, 2.75) is 19.3 Å². The van der Waals surface area contributed by atoms with Gasteiger partial charge in [-0.1, -0.05) is 30.3 Å². The summed E-state index contributed by atoms with van der Waals surface area (Å²) < 4.78 is 7.88. The fourth-order valence-electron chi connectivity index (χ4n) is 2.66. The van der Waals surface area contributed by atoms with Crippen LogP contribution < -0.4 is 0 Å². The van der Waals surface area contributed by atoms with Crippen molar-refractivity contribution in [2.75, 3.05) is 0 Å². The maximum atomic E-state index is 8.63. The van der Waals surface area contributed by atoms with Crippen LogP contribution in [0.3, 0.4) is 0 Å². The molecule has 7 heteroatoms. The Morgan fingerprint density at radius 3 is 2.69 bits per heavy atom. The Bertz CT molecular complexity index is 1100. The summed E-state index contributed by atoms with van der Waals surface area (Å²) >= 11 is 3.98. The Hall–Kier alpha value is -2.31. The normalized spacial score (nSPS) is 10.9. The van der Waals surface area contributed by atoms with Gasteiger partial charge in [0, 0.05) is 16.4 Å². The van der Waals surface area contributed by atoms with Crippen molar-refractivity contribution in [3.05, 3.63) is 62.8 Å². The molecule has 0 aliphatic rings. The lowest BCUT2D eigenvalue weighted by Gasteiger charge is -2.02. The van der Waals surface area contributed by atoms with E-state index in [2.05, 4.69) is 63.1 Å².